The van der Waals surface area contributed by atoms with E-state index in [1.54, 1.807) is 118 Å². The molecule has 19 heteroatoms. The van der Waals surface area contributed by atoms with Gasteiger partial charge in [-0.25, -0.2) is 9.59 Å². The standard InChI is InChI=1S/C15H16N2O4.2C10H8N2O2.C10H7NO3.ClH/c1-15(2,3)21-14(20)17-13(19)11-8-12(18)9-6-4-5-7-10(9)16-11;2*11-10(14)8-5-9(13)6-3-1-2-4-7(6)12-8;12-9-5-8(10(13)14)11-7-4-2-1-3-6(7)9;/h4-8H,1-3H3,(H,16,18)(H,17,19,20);2*1-5H,(H2,11,14)(H,12,13);1-5H,(H,11,12)(H,13,14);1H. The normalized spacial score (nSPS) is 10.4. The molecule has 0 saturated carbocycles. The van der Waals surface area contributed by atoms with Gasteiger partial charge >= 0.3 is 12.1 Å². The maximum Gasteiger partial charge on any atom is 0.414 e. The van der Waals surface area contributed by atoms with Crippen LogP contribution in [0.25, 0.3) is 43.6 Å². The number of aromatic carboxylic acids is 1. The Morgan fingerprint density at radius 1 is 0.500 bits per heavy atom. The Labute approximate surface area is 366 Å². The average molecular weight is 890 g/mol. The van der Waals surface area contributed by atoms with Gasteiger partial charge < -0.3 is 41.2 Å². The first-order chi connectivity index (χ1) is 29.8. The Kier molecular flexibility index (Phi) is 15.6. The SMILES string of the molecule is CC(C)(C)OC(=O)NC(=O)c1cc(=O)c2ccccc2[nH]1.Cl.NC(=O)c1cc(=O)c2ccccc2[nH]1.NC(=O)c1cc(=O)c2ccccc2[nH]1.O=C(O)c1cc(=O)c2ccccc2[nH]1. The molecule has 0 bridgehead atoms. The van der Waals surface area contributed by atoms with Crippen LogP contribution >= 0.6 is 12.4 Å². The van der Waals surface area contributed by atoms with Crippen LogP contribution in [0.15, 0.2) is 141 Å². The van der Waals surface area contributed by atoms with Crippen LogP contribution < -0.4 is 38.5 Å². The number of hydrogen-bond donors (Lipinski definition) is 8. The quantitative estimate of drug-likeness (QED) is 0.115. The summed E-state index contributed by atoms with van der Waals surface area (Å²) < 4.78 is 4.98. The van der Waals surface area contributed by atoms with E-state index < -0.39 is 35.4 Å². The van der Waals surface area contributed by atoms with Crippen LogP contribution in [0.5, 0.6) is 0 Å². The van der Waals surface area contributed by atoms with Crippen molar-refractivity contribution in [2.75, 3.05) is 0 Å². The third-order valence-corrected chi connectivity index (χ3v) is 8.57. The third kappa shape index (κ3) is 12.5. The summed E-state index contributed by atoms with van der Waals surface area (Å²) in [6.07, 6.45) is -0.860. The molecule has 0 fully saturated rings. The number of rotatable bonds is 4. The molecule has 0 saturated heterocycles. The number of aromatic nitrogens is 4. The molecule has 4 aromatic carbocycles. The van der Waals surface area contributed by atoms with Crippen LogP contribution in [-0.4, -0.2) is 60.4 Å². The lowest BCUT2D eigenvalue weighted by Crippen LogP contribution is -2.37. The predicted molar refractivity (Wildman–Crippen MR) is 243 cm³/mol. The topological polar surface area (TPSA) is 310 Å². The number of aromatic amines is 4. The van der Waals surface area contributed by atoms with Crippen LogP contribution in [0.4, 0.5) is 4.79 Å². The molecule has 4 heterocycles. The van der Waals surface area contributed by atoms with Gasteiger partial charge in [-0.3, -0.25) is 38.9 Å². The van der Waals surface area contributed by atoms with Gasteiger partial charge in [-0.05, 0) is 69.3 Å². The molecule has 8 aromatic rings. The molecule has 8 rings (SSSR count). The zero-order valence-corrected chi connectivity index (χ0v) is 35.0. The van der Waals surface area contributed by atoms with E-state index >= 15 is 0 Å². The van der Waals surface area contributed by atoms with E-state index in [1.807, 2.05) is 0 Å². The number of pyridine rings is 4. The zero-order valence-electron chi connectivity index (χ0n) is 34.1. The number of nitrogens with two attached hydrogens (primary N) is 2. The number of alkyl carbamates (subject to hydrolysis) is 1. The number of carbonyl (C=O) groups is 5. The Bertz CT molecular complexity index is 3070. The number of hydrogen-bond acceptors (Lipinski definition) is 10. The van der Waals surface area contributed by atoms with Crippen molar-refractivity contribution >= 4 is 85.8 Å². The third-order valence-electron chi connectivity index (χ3n) is 8.57. The van der Waals surface area contributed by atoms with Gasteiger partial charge in [0.2, 0.25) is 0 Å². The van der Waals surface area contributed by atoms with E-state index in [1.165, 1.54) is 12.1 Å². The van der Waals surface area contributed by atoms with Crippen molar-refractivity contribution in [1.29, 1.82) is 0 Å². The predicted octanol–water partition coefficient (Wildman–Crippen LogP) is 5.10. The van der Waals surface area contributed by atoms with Gasteiger partial charge in [-0.15, -0.1) is 12.4 Å². The number of carboxylic acids is 1. The van der Waals surface area contributed by atoms with Crippen molar-refractivity contribution in [2.45, 2.75) is 26.4 Å². The highest BCUT2D eigenvalue weighted by Crippen LogP contribution is 2.11. The molecule has 4 amide bonds. The van der Waals surface area contributed by atoms with Crippen molar-refractivity contribution in [1.82, 2.24) is 25.3 Å². The van der Waals surface area contributed by atoms with Crippen molar-refractivity contribution in [3.8, 4) is 0 Å². The molecule has 0 atom stereocenters. The van der Waals surface area contributed by atoms with Crippen LogP contribution in [0.1, 0.15) is 62.7 Å². The number of carboxylic acid groups (broad SMARTS) is 1. The highest BCUT2D eigenvalue weighted by molar-refractivity contribution is 6.03. The van der Waals surface area contributed by atoms with Gasteiger partial charge in [0.15, 0.2) is 21.7 Å². The van der Waals surface area contributed by atoms with Crippen LogP contribution in [-0.2, 0) is 4.74 Å². The Balaban J connectivity index is 0.000000189. The minimum absolute atomic E-state index is 0. The van der Waals surface area contributed by atoms with Crippen LogP contribution in [0, 0.1) is 0 Å². The molecule has 328 valence electrons. The number of nitrogens with one attached hydrogen (secondary N) is 5. The summed E-state index contributed by atoms with van der Waals surface area (Å²) in [6.45, 7) is 5.07. The molecule has 4 aromatic heterocycles. The van der Waals surface area contributed by atoms with Gasteiger partial charge in [0.25, 0.3) is 17.7 Å². The summed E-state index contributed by atoms with van der Waals surface area (Å²) in [7, 11) is 0. The number of amides is 4. The van der Waals surface area contributed by atoms with E-state index in [-0.39, 0.29) is 56.9 Å². The summed E-state index contributed by atoms with van der Waals surface area (Å²) in [5.74, 6) is -3.11. The van der Waals surface area contributed by atoms with Crippen molar-refractivity contribution in [2.24, 2.45) is 11.5 Å². The van der Waals surface area contributed by atoms with Crippen LogP contribution in [0.3, 0.4) is 0 Å². The summed E-state index contributed by atoms with van der Waals surface area (Å²) in [4.78, 5) is 113. The van der Waals surface area contributed by atoms with E-state index in [2.05, 4.69) is 25.3 Å². The molecule has 0 radical (unpaired) electrons. The lowest BCUT2D eigenvalue weighted by Gasteiger charge is -2.19. The molecule has 10 N–H and O–H groups in total. The summed E-state index contributed by atoms with van der Waals surface area (Å²) in [5, 5.41) is 12.9. The van der Waals surface area contributed by atoms with E-state index in [0.29, 0.717) is 43.6 Å². The van der Waals surface area contributed by atoms with Gasteiger partial charge in [-0.1, -0.05) is 48.5 Å². The smallest absolute Gasteiger partial charge is 0.414 e. The number of primary amides is 2. The second kappa shape index (κ2) is 20.8. The first-order valence-electron chi connectivity index (χ1n) is 18.7. The first kappa shape index (κ1) is 48.0. The molecule has 0 unspecified atom stereocenters. The van der Waals surface area contributed by atoms with Gasteiger partial charge in [0.05, 0.1) is 0 Å². The first-order valence-corrected chi connectivity index (χ1v) is 18.7. The summed E-state index contributed by atoms with van der Waals surface area (Å²) in [5.41, 5.74) is 10.9. The number of imide groups is 1. The molecule has 0 aliphatic carbocycles. The van der Waals surface area contributed by atoms with Crippen LogP contribution in [0.2, 0.25) is 0 Å². The molecular formula is C45H40ClN7O11. The maximum atomic E-state index is 12.0. The largest absolute Gasteiger partial charge is 0.477 e. The van der Waals surface area contributed by atoms with Gasteiger partial charge in [0.1, 0.15) is 28.4 Å². The summed E-state index contributed by atoms with van der Waals surface area (Å²) in [6, 6.07) is 32.2. The zero-order chi connectivity index (χ0) is 46.0. The monoisotopic (exact) mass is 889 g/mol. The number of halogens is 1. The van der Waals surface area contributed by atoms with E-state index in [4.69, 9.17) is 21.3 Å². The Hall–Kier alpha value is -8.64. The second-order valence-corrected chi connectivity index (χ2v) is 14.4. The average Bonchev–Trinajstić information content (AvgIpc) is 3.23. The number of benzene rings is 4. The molecule has 64 heavy (non-hydrogen) atoms. The fourth-order valence-electron chi connectivity index (χ4n) is 5.75. The highest BCUT2D eigenvalue weighted by atomic mass is 35.5. The Morgan fingerprint density at radius 3 is 1.09 bits per heavy atom. The Morgan fingerprint density at radius 2 is 0.781 bits per heavy atom. The van der Waals surface area contributed by atoms with Gasteiger partial charge in [-0.2, -0.15) is 0 Å². The molecule has 0 aliphatic rings. The number of H-pyrrole nitrogens is 4. The van der Waals surface area contributed by atoms with Gasteiger partial charge in [0, 0.05) is 67.9 Å². The molecular weight excluding hydrogens is 850 g/mol. The molecule has 0 spiro atoms. The van der Waals surface area contributed by atoms with Crippen molar-refractivity contribution < 1.29 is 33.8 Å². The van der Waals surface area contributed by atoms with Crippen molar-refractivity contribution in [3.63, 3.8) is 0 Å². The minimum atomic E-state index is -1.13. The maximum absolute atomic E-state index is 12.0. The number of fused-ring (bicyclic) bond motifs is 4. The van der Waals surface area contributed by atoms with E-state index in [0.717, 1.165) is 12.1 Å². The molecule has 18 nitrogen and oxygen atoms in total. The van der Waals surface area contributed by atoms with E-state index in [9.17, 15) is 43.2 Å². The highest BCUT2D eigenvalue weighted by Gasteiger charge is 2.20. The molecule has 0 aliphatic heterocycles. The second-order valence-electron chi connectivity index (χ2n) is 14.4. The fraction of sp³-hybridized carbons (Fsp3) is 0.0889. The van der Waals surface area contributed by atoms with Crippen molar-refractivity contribution in [3.05, 3.63) is 185 Å². The number of ether oxygens (including phenoxy) is 1. The minimum Gasteiger partial charge on any atom is -0.477 e. The number of carbonyl (C=O) groups excluding carboxylic acids is 4. The lowest BCUT2D eigenvalue weighted by molar-refractivity contribution is 0.0506. The fourth-order valence-corrected chi connectivity index (χ4v) is 5.75. The summed E-state index contributed by atoms with van der Waals surface area (Å²) >= 11 is 0. The number of para-hydroxylation sites is 4. The lowest BCUT2D eigenvalue weighted by atomic mass is 10.2.